The summed E-state index contributed by atoms with van der Waals surface area (Å²) in [6, 6.07) is 12.0. The number of aryl methyl sites for hydroxylation is 1. The van der Waals surface area contributed by atoms with Gasteiger partial charge in [0.05, 0.1) is 12.2 Å². The van der Waals surface area contributed by atoms with Crippen LogP contribution in [0.2, 0.25) is 0 Å². The first kappa shape index (κ1) is 23.6. The highest BCUT2D eigenvalue weighted by Crippen LogP contribution is 2.29. The number of ether oxygens (including phenoxy) is 1. The van der Waals surface area contributed by atoms with Gasteiger partial charge in [0.1, 0.15) is 5.75 Å². The van der Waals surface area contributed by atoms with Gasteiger partial charge in [-0.1, -0.05) is 18.2 Å². The average Bonchev–Trinajstić information content (AvgIpc) is 2.77. The van der Waals surface area contributed by atoms with Gasteiger partial charge >= 0.3 is 6.18 Å². The van der Waals surface area contributed by atoms with Crippen LogP contribution in [0.4, 0.5) is 13.2 Å². The standard InChI is InChI=1S/C24H27F3N2O3/c1-17-5-2-3-6-21(17)32-16-4-7-22(30)28-20-12-14-29(15-13-20)23(31)18-8-10-19(11-9-18)24(25,26)27/h2-3,5-6,8-11,20H,4,7,12-16H2,1H3,(H,28,30). The predicted molar refractivity (Wildman–Crippen MR) is 114 cm³/mol. The Morgan fingerprint density at radius 1 is 1.06 bits per heavy atom. The van der Waals surface area contributed by atoms with E-state index in [9.17, 15) is 22.8 Å². The molecule has 0 bridgehead atoms. The van der Waals surface area contributed by atoms with E-state index < -0.39 is 11.7 Å². The molecular formula is C24H27F3N2O3. The number of likely N-dealkylation sites (tertiary alicyclic amines) is 1. The first-order valence-corrected chi connectivity index (χ1v) is 10.7. The molecule has 0 unspecified atom stereocenters. The molecule has 1 aliphatic heterocycles. The summed E-state index contributed by atoms with van der Waals surface area (Å²) >= 11 is 0. The van der Waals surface area contributed by atoms with E-state index in [0.29, 0.717) is 45.4 Å². The van der Waals surface area contributed by atoms with Crippen molar-refractivity contribution in [3.63, 3.8) is 0 Å². The summed E-state index contributed by atoms with van der Waals surface area (Å²) in [4.78, 5) is 26.4. The molecule has 1 fully saturated rings. The number of alkyl halides is 3. The minimum atomic E-state index is -4.43. The lowest BCUT2D eigenvalue weighted by molar-refractivity contribution is -0.137. The van der Waals surface area contributed by atoms with Crippen LogP contribution in [0.25, 0.3) is 0 Å². The van der Waals surface area contributed by atoms with Crippen molar-refractivity contribution in [2.45, 2.75) is 44.8 Å². The number of para-hydroxylation sites is 1. The van der Waals surface area contributed by atoms with Crippen LogP contribution in [0.3, 0.4) is 0 Å². The Hall–Kier alpha value is -3.03. The van der Waals surface area contributed by atoms with Crippen molar-refractivity contribution in [1.29, 1.82) is 0 Å². The number of nitrogens with zero attached hydrogens (tertiary/aromatic N) is 1. The third kappa shape index (κ3) is 6.48. The fourth-order valence-electron chi connectivity index (χ4n) is 3.64. The molecule has 32 heavy (non-hydrogen) atoms. The Bertz CT molecular complexity index is 921. The van der Waals surface area contributed by atoms with Crippen LogP contribution >= 0.6 is 0 Å². The molecule has 0 saturated carbocycles. The molecule has 2 amide bonds. The van der Waals surface area contributed by atoms with Crippen LogP contribution in [0.1, 0.15) is 47.2 Å². The normalized spacial score (nSPS) is 14.8. The molecular weight excluding hydrogens is 421 g/mol. The molecule has 8 heteroatoms. The monoisotopic (exact) mass is 448 g/mol. The van der Waals surface area contributed by atoms with E-state index in [1.165, 1.54) is 12.1 Å². The first-order valence-electron chi connectivity index (χ1n) is 10.7. The lowest BCUT2D eigenvalue weighted by Gasteiger charge is -2.32. The minimum Gasteiger partial charge on any atom is -0.493 e. The fraction of sp³-hybridized carbons (Fsp3) is 0.417. The summed E-state index contributed by atoms with van der Waals surface area (Å²) in [5.74, 6) is 0.473. The molecule has 2 aromatic carbocycles. The number of piperidine rings is 1. The van der Waals surface area contributed by atoms with E-state index in [4.69, 9.17) is 4.74 Å². The molecule has 1 heterocycles. The summed E-state index contributed by atoms with van der Waals surface area (Å²) in [6.45, 7) is 3.32. The van der Waals surface area contributed by atoms with Crippen LogP contribution in [0, 0.1) is 6.92 Å². The van der Waals surface area contributed by atoms with Gasteiger partial charge in [-0.25, -0.2) is 0 Å². The van der Waals surface area contributed by atoms with Crippen molar-refractivity contribution in [3.05, 3.63) is 65.2 Å². The Labute approximate surface area is 185 Å². The lowest BCUT2D eigenvalue weighted by Crippen LogP contribution is -2.46. The Kier molecular flexibility index (Phi) is 7.77. The van der Waals surface area contributed by atoms with Gasteiger partial charge in [0.2, 0.25) is 5.91 Å². The Morgan fingerprint density at radius 2 is 1.72 bits per heavy atom. The smallest absolute Gasteiger partial charge is 0.416 e. The maximum Gasteiger partial charge on any atom is 0.416 e. The number of carbonyl (C=O) groups excluding carboxylic acids is 2. The molecule has 2 aromatic rings. The SMILES string of the molecule is Cc1ccccc1OCCCC(=O)NC1CCN(C(=O)c2ccc(C(F)(F)F)cc2)CC1. The number of hydrogen-bond donors (Lipinski definition) is 1. The zero-order valence-corrected chi connectivity index (χ0v) is 18.0. The number of hydrogen-bond acceptors (Lipinski definition) is 3. The largest absolute Gasteiger partial charge is 0.493 e. The van der Waals surface area contributed by atoms with Crippen molar-refractivity contribution < 1.29 is 27.5 Å². The van der Waals surface area contributed by atoms with Gasteiger partial charge in [0, 0.05) is 31.1 Å². The van der Waals surface area contributed by atoms with Crippen LogP contribution in [-0.2, 0) is 11.0 Å². The molecule has 0 radical (unpaired) electrons. The quantitative estimate of drug-likeness (QED) is 0.630. The van der Waals surface area contributed by atoms with Crippen LogP contribution < -0.4 is 10.1 Å². The predicted octanol–water partition coefficient (Wildman–Crippen LogP) is 4.59. The summed E-state index contributed by atoms with van der Waals surface area (Å²) in [7, 11) is 0. The Morgan fingerprint density at radius 3 is 2.34 bits per heavy atom. The Balaban J connectivity index is 1.37. The topological polar surface area (TPSA) is 58.6 Å². The lowest BCUT2D eigenvalue weighted by atomic mass is 10.0. The molecule has 1 saturated heterocycles. The third-order valence-electron chi connectivity index (χ3n) is 5.51. The molecule has 0 aromatic heterocycles. The van der Waals surface area contributed by atoms with Crippen molar-refractivity contribution in [2.75, 3.05) is 19.7 Å². The maximum absolute atomic E-state index is 12.7. The summed E-state index contributed by atoms with van der Waals surface area (Å²) < 4.78 is 43.7. The second-order valence-corrected chi connectivity index (χ2v) is 7.93. The average molecular weight is 448 g/mol. The molecule has 0 aliphatic carbocycles. The van der Waals surface area contributed by atoms with Crippen molar-refractivity contribution in [2.24, 2.45) is 0 Å². The van der Waals surface area contributed by atoms with Crippen LogP contribution in [0.15, 0.2) is 48.5 Å². The number of carbonyl (C=O) groups is 2. The maximum atomic E-state index is 12.7. The van der Waals surface area contributed by atoms with Crippen molar-refractivity contribution in [1.82, 2.24) is 10.2 Å². The van der Waals surface area contributed by atoms with Gasteiger partial charge < -0.3 is 15.0 Å². The summed E-state index contributed by atoms with van der Waals surface area (Å²) in [5.41, 5.74) is 0.503. The molecule has 172 valence electrons. The van der Waals surface area contributed by atoms with Crippen LogP contribution in [-0.4, -0.2) is 42.5 Å². The second kappa shape index (κ2) is 10.5. The zero-order chi connectivity index (χ0) is 23.1. The van der Waals surface area contributed by atoms with Gasteiger partial charge in [-0.05, 0) is 62.1 Å². The number of rotatable bonds is 7. The first-order chi connectivity index (χ1) is 15.2. The molecule has 5 nitrogen and oxygen atoms in total. The van der Waals surface area contributed by atoms with Gasteiger partial charge in [0.15, 0.2) is 0 Å². The highest BCUT2D eigenvalue weighted by Gasteiger charge is 2.31. The van der Waals surface area contributed by atoms with E-state index in [-0.39, 0.29) is 23.4 Å². The number of nitrogens with one attached hydrogen (secondary N) is 1. The molecule has 1 N–H and O–H groups in total. The van der Waals surface area contributed by atoms with Gasteiger partial charge in [-0.3, -0.25) is 9.59 Å². The molecule has 0 atom stereocenters. The number of benzene rings is 2. The highest BCUT2D eigenvalue weighted by atomic mass is 19.4. The van der Waals surface area contributed by atoms with Gasteiger partial charge in [0.25, 0.3) is 5.91 Å². The fourth-order valence-corrected chi connectivity index (χ4v) is 3.64. The van der Waals surface area contributed by atoms with Crippen molar-refractivity contribution in [3.8, 4) is 5.75 Å². The zero-order valence-electron chi connectivity index (χ0n) is 18.0. The van der Waals surface area contributed by atoms with Gasteiger partial charge in [-0.2, -0.15) is 13.2 Å². The molecule has 0 spiro atoms. The van der Waals surface area contributed by atoms with Crippen molar-refractivity contribution >= 4 is 11.8 Å². The number of halogens is 3. The summed E-state index contributed by atoms with van der Waals surface area (Å²) in [6.07, 6.45) is -2.25. The molecule has 3 rings (SSSR count). The minimum absolute atomic E-state index is 0.0172. The van der Waals surface area contributed by atoms with E-state index in [1.54, 1.807) is 4.90 Å². The van der Waals surface area contributed by atoms with E-state index in [2.05, 4.69) is 5.32 Å². The van der Waals surface area contributed by atoms with Crippen LogP contribution in [0.5, 0.6) is 5.75 Å². The molecule has 1 aliphatic rings. The second-order valence-electron chi connectivity index (χ2n) is 7.93. The van der Waals surface area contributed by atoms with E-state index in [0.717, 1.165) is 23.4 Å². The number of amides is 2. The summed E-state index contributed by atoms with van der Waals surface area (Å²) in [5, 5.41) is 2.99. The van der Waals surface area contributed by atoms with E-state index >= 15 is 0 Å². The van der Waals surface area contributed by atoms with Gasteiger partial charge in [-0.15, -0.1) is 0 Å². The van der Waals surface area contributed by atoms with E-state index in [1.807, 2.05) is 31.2 Å². The highest BCUT2D eigenvalue weighted by molar-refractivity contribution is 5.94. The third-order valence-corrected chi connectivity index (χ3v) is 5.51.